The van der Waals surface area contributed by atoms with Crippen molar-refractivity contribution < 1.29 is 5.11 Å². The molecule has 2 fully saturated rings. The number of nitrogens with zero attached hydrogens (tertiary/aromatic N) is 1. The lowest BCUT2D eigenvalue weighted by Crippen LogP contribution is -2.54. The van der Waals surface area contributed by atoms with E-state index in [1.807, 2.05) is 12.1 Å². The van der Waals surface area contributed by atoms with Gasteiger partial charge in [0.25, 0.3) is 0 Å². The zero-order valence-corrected chi connectivity index (χ0v) is 17.9. The lowest BCUT2D eigenvalue weighted by molar-refractivity contribution is 0.00315. The molecule has 3 nitrogen and oxygen atoms in total. The monoisotopic (exact) mass is 372 g/mol. The summed E-state index contributed by atoms with van der Waals surface area (Å²) in [5.74, 6) is 1.21. The topological polar surface area (TPSA) is 35.5 Å². The molecule has 0 radical (unpaired) electrons. The van der Waals surface area contributed by atoms with Gasteiger partial charge in [0.15, 0.2) is 0 Å². The SMILES string of the molecule is CC(C)NC1CCC(c2cccc(O)c2)(N(C)C(C)C2CCCCC2)CC1. The summed E-state index contributed by atoms with van der Waals surface area (Å²) in [6.07, 6.45) is 11.7. The Labute approximate surface area is 166 Å². The molecule has 0 bridgehead atoms. The predicted molar refractivity (Wildman–Crippen MR) is 114 cm³/mol. The van der Waals surface area contributed by atoms with Crippen molar-refractivity contribution in [1.29, 1.82) is 0 Å². The highest BCUT2D eigenvalue weighted by atomic mass is 16.3. The second kappa shape index (κ2) is 8.96. The van der Waals surface area contributed by atoms with Crippen molar-refractivity contribution in [3.63, 3.8) is 0 Å². The molecule has 27 heavy (non-hydrogen) atoms. The minimum Gasteiger partial charge on any atom is -0.508 e. The Kier molecular flexibility index (Phi) is 6.86. The second-order valence-corrected chi connectivity index (χ2v) is 9.43. The fourth-order valence-electron chi connectivity index (χ4n) is 5.70. The van der Waals surface area contributed by atoms with Crippen LogP contribution in [0.3, 0.4) is 0 Å². The molecule has 3 rings (SSSR count). The Bertz CT molecular complexity index is 586. The highest BCUT2D eigenvalue weighted by Gasteiger charge is 2.43. The van der Waals surface area contributed by atoms with E-state index in [1.165, 1.54) is 50.5 Å². The first-order valence-electron chi connectivity index (χ1n) is 11.2. The summed E-state index contributed by atoms with van der Waals surface area (Å²) in [6.45, 7) is 6.93. The zero-order chi connectivity index (χ0) is 19.4. The highest BCUT2D eigenvalue weighted by molar-refractivity contribution is 5.33. The summed E-state index contributed by atoms with van der Waals surface area (Å²) in [5, 5.41) is 13.9. The molecule has 0 aliphatic heterocycles. The molecule has 2 aliphatic carbocycles. The Hall–Kier alpha value is -1.06. The number of hydrogen-bond donors (Lipinski definition) is 2. The fourth-order valence-corrected chi connectivity index (χ4v) is 5.70. The molecule has 0 aromatic heterocycles. The van der Waals surface area contributed by atoms with E-state index < -0.39 is 0 Å². The summed E-state index contributed by atoms with van der Waals surface area (Å²) >= 11 is 0. The Balaban J connectivity index is 1.84. The Morgan fingerprint density at radius 2 is 1.70 bits per heavy atom. The number of benzene rings is 1. The zero-order valence-electron chi connectivity index (χ0n) is 17.9. The molecule has 0 heterocycles. The lowest BCUT2D eigenvalue weighted by atomic mass is 9.72. The van der Waals surface area contributed by atoms with Crippen LogP contribution in [0.15, 0.2) is 24.3 Å². The van der Waals surface area contributed by atoms with Gasteiger partial charge in [-0.05, 0) is 76.1 Å². The third kappa shape index (κ3) is 4.68. The van der Waals surface area contributed by atoms with Gasteiger partial charge in [-0.1, -0.05) is 45.2 Å². The normalized spacial score (nSPS) is 28.6. The first-order chi connectivity index (χ1) is 12.9. The lowest BCUT2D eigenvalue weighted by Gasteiger charge is -2.51. The average Bonchev–Trinajstić information content (AvgIpc) is 2.68. The molecule has 1 unspecified atom stereocenters. The van der Waals surface area contributed by atoms with Crippen molar-refractivity contribution in [2.75, 3.05) is 7.05 Å². The first-order valence-corrected chi connectivity index (χ1v) is 11.2. The maximum Gasteiger partial charge on any atom is 0.115 e. The largest absolute Gasteiger partial charge is 0.508 e. The van der Waals surface area contributed by atoms with E-state index in [0.717, 1.165) is 18.8 Å². The van der Waals surface area contributed by atoms with Gasteiger partial charge >= 0.3 is 0 Å². The van der Waals surface area contributed by atoms with Crippen LogP contribution in [-0.4, -0.2) is 35.2 Å². The summed E-state index contributed by atoms with van der Waals surface area (Å²) in [6, 6.07) is 9.82. The van der Waals surface area contributed by atoms with Crippen molar-refractivity contribution in [1.82, 2.24) is 10.2 Å². The maximum absolute atomic E-state index is 10.2. The standard InChI is InChI=1S/C24H40N2O/c1-18(2)25-22-13-15-24(16-14-22,21-11-8-12-23(27)17-21)26(4)19(3)20-9-6-5-7-10-20/h8,11-12,17-20,22,25,27H,5-7,9-10,13-16H2,1-4H3. The van der Waals surface area contributed by atoms with E-state index in [-0.39, 0.29) is 5.54 Å². The van der Waals surface area contributed by atoms with Crippen LogP contribution in [0.1, 0.15) is 84.1 Å². The molecule has 0 amide bonds. The van der Waals surface area contributed by atoms with E-state index in [0.29, 0.717) is 23.9 Å². The van der Waals surface area contributed by atoms with E-state index in [4.69, 9.17) is 0 Å². The Morgan fingerprint density at radius 3 is 2.30 bits per heavy atom. The van der Waals surface area contributed by atoms with Gasteiger partial charge in [0.1, 0.15) is 5.75 Å². The van der Waals surface area contributed by atoms with Gasteiger partial charge in [-0.25, -0.2) is 0 Å². The Morgan fingerprint density at radius 1 is 1.04 bits per heavy atom. The molecule has 152 valence electrons. The van der Waals surface area contributed by atoms with Crippen LogP contribution in [0.25, 0.3) is 0 Å². The van der Waals surface area contributed by atoms with Crippen molar-refractivity contribution >= 4 is 0 Å². The molecule has 3 heteroatoms. The summed E-state index contributed by atoms with van der Waals surface area (Å²) in [4.78, 5) is 2.68. The van der Waals surface area contributed by atoms with E-state index in [9.17, 15) is 5.11 Å². The first kappa shape index (κ1) is 20.7. The third-order valence-electron chi connectivity index (χ3n) is 7.38. The van der Waals surface area contributed by atoms with E-state index >= 15 is 0 Å². The van der Waals surface area contributed by atoms with Crippen LogP contribution in [0.5, 0.6) is 5.75 Å². The van der Waals surface area contributed by atoms with Crippen LogP contribution in [0, 0.1) is 5.92 Å². The van der Waals surface area contributed by atoms with Gasteiger partial charge in [-0.15, -0.1) is 0 Å². The molecule has 2 N–H and O–H groups in total. The number of phenols is 1. The minimum absolute atomic E-state index is 0.0464. The van der Waals surface area contributed by atoms with Crippen molar-refractivity contribution in [3.05, 3.63) is 29.8 Å². The van der Waals surface area contributed by atoms with Gasteiger partial charge < -0.3 is 10.4 Å². The van der Waals surface area contributed by atoms with Gasteiger partial charge in [0.2, 0.25) is 0 Å². The van der Waals surface area contributed by atoms with Gasteiger partial charge in [0, 0.05) is 23.7 Å². The smallest absolute Gasteiger partial charge is 0.115 e. The molecular formula is C24H40N2O. The van der Waals surface area contributed by atoms with Gasteiger partial charge in [0.05, 0.1) is 0 Å². The highest BCUT2D eigenvalue weighted by Crippen LogP contribution is 2.45. The maximum atomic E-state index is 10.2. The average molecular weight is 373 g/mol. The van der Waals surface area contributed by atoms with Crippen molar-refractivity contribution in [2.45, 2.75) is 102 Å². The molecule has 1 aromatic carbocycles. The number of phenolic OH excluding ortho intramolecular Hbond substituents is 1. The second-order valence-electron chi connectivity index (χ2n) is 9.43. The number of nitrogens with one attached hydrogen (secondary N) is 1. The molecule has 0 saturated heterocycles. The van der Waals surface area contributed by atoms with Crippen molar-refractivity contribution in [3.8, 4) is 5.75 Å². The summed E-state index contributed by atoms with van der Waals surface area (Å²) in [7, 11) is 2.35. The van der Waals surface area contributed by atoms with Crippen LogP contribution >= 0.6 is 0 Å². The molecular weight excluding hydrogens is 332 g/mol. The molecule has 1 aromatic rings. The van der Waals surface area contributed by atoms with Crippen LogP contribution in [0.4, 0.5) is 0 Å². The van der Waals surface area contributed by atoms with Crippen LogP contribution in [0.2, 0.25) is 0 Å². The fraction of sp³-hybridized carbons (Fsp3) is 0.750. The number of rotatable bonds is 6. The number of aromatic hydroxyl groups is 1. The van der Waals surface area contributed by atoms with Crippen LogP contribution < -0.4 is 5.32 Å². The summed E-state index contributed by atoms with van der Waals surface area (Å²) < 4.78 is 0. The van der Waals surface area contributed by atoms with Gasteiger partial charge in [-0.2, -0.15) is 0 Å². The van der Waals surface area contributed by atoms with E-state index in [1.54, 1.807) is 6.07 Å². The predicted octanol–water partition coefficient (Wildman–Crippen LogP) is 5.43. The van der Waals surface area contributed by atoms with E-state index in [2.05, 4.69) is 44.1 Å². The minimum atomic E-state index is 0.0464. The number of hydrogen-bond acceptors (Lipinski definition) is 3. The van der Waals surface area contributed by atoms with Crippen molar-refractivity contribution in [2.24, 2.45) is 5.92 Å². The molecule has 0 spiro atoms. The molecule has 2 aliphatic rings. The molecule has 1 atom stereocenters. The molecule has 2 saturated carbocycles. The third-order valence-corrected chi connectivity index (χ3v) is 7.38. The quantitative estimate of drug-likeness (QED) is 0.699. The van der Waals surface area contributed by atoms with Gasteiger partial charge in [-0.3, -0.25) is 4.90 Å². The summed E-state index contributed by atoms with van der Waals surface area (Å²) in [5.41, 5.74) is 1.35. The van der Waals surface area contributed by atoms with Crippen LogP contribution in [-0.2, 0) is 5.54 Å².